The van der Waals surface area contributed by atoms with Gasteiger partial charge in [0, 0.05) is 17.7 Å². The van der Waals surface area contributed by atoms with Crippen LogP contribution in [0.4, 0.5) is 5.82 Å². The summed E-state index contributed by atoms with van der Waals surface area (Å²) in [7, 11) is 0. The van der Waals surface area contributed by atoms with Crippen molar-refractivity contribution in [1.82, 2.24) is 10.2 Å². The van der Waals surface area contributed by atoms with Crippen LogP contribution in [0.1, 0.15) is 0 Å². The summed E-state index contributed by atoms with van der Waals surface area (Å²) < 4.78 is 5.58. The Morgan fingerprint density at radius 2 is 2.24 bits per heavy atom. The molecule has 0 aliphatic heterocycles. The minimum Gasteiger partial charge on any atom is -0.507 e. The van der Waals surface area contributed by atoms with Crippen molar-refractivity contribution in [2.24, 2.45) is 0 Å². The van der Waals surface area contributed by atoms with Gasteiger partial charge in [-0.3, -0.25) is 5.10 Å². The average molecular weight is 249 g/mol. The Bertz CT molecular complexity index is 756. The number of hydrogen-bond acceptors (Lipinski definition) is 6. The van der Waals surface area contributed by atoms with Crippen LogP contribution < -0.4 is 10.7 Å². The minimum absolute atomic E-state index is 0.0400. The molecule has 7 heteroatoms. The molecule has 0 aliphatic rings. The number of nitrogens with one attached hydrogen (secondary N) is 1. The number of phenolic OH excluding ortho intramolecular Hbond substituents is 1. The van der Waals surface area contributed by atoms with Crippen molar-refractivity contribution >= 4 is 27.4 Å². The third kappa shape index (κ3) is 1.56. The summed E-state index contributed by atoms with van der Waals surface area (Å²) >= 11 is 0.943. The molecule has 86 valence electrons. The Balaban J connectivity index is 2.29. The number of nitrogens with zero attached hydrogens (tertiary/aromatic N) is 1. The van der Waals surface area contributed by atoms with Gasteiger partial charge in [0.15, 0.2) is 0 Å². The van der Waals surface area contributed by atoms with Crippen molar-refractivity contribution in [1.29, 1.82) is 0 Å². The van der Waals surface area contributed by atoms with Crippen LogP contribution in [0.25, 0.3) is 21.5 Å². The first-order valence-electron chi connectivity index (χ1n) is 4.71. The first-order chi connectivity index (χ1) is 8.13. The summed E-state index contributed by atoms with van der Waals surface area (Å²) in [6, 6.07) is 4.65. The Hall–Kier alpha value is -2.28. The zero-order valence-electron chi connectivity index (χ0n) is 8.43. The average Bonchev–Trinajstić information content (AvgIpc) is 2.82. The number of benzene rings is 1. The molecule has 0 bridgehead atoms. The Kier molecular flexibility index (Phi) is 1.96. The van der Waals surface area contributed by atoms with E-state index in [-0.39, 0.29) is 5.75 Å². The molecule has 0 fully saturated rings. The predicted molar refractivity (Wildman–Crippen MR) is 64.0 cm³/mol. The topological polar surface area (TPSA) is 105 Å². The van der Waals surface area contributed by atoms with E-state index in [2.05, 4.69) is 10.2 Å². The molecule has 0 spiro atoms. The molecule has 6 nitrogen and oxygen atoms in total. The van der Waals surface area contributed by atoms with Crippen molar-refractivity contribution in [3.05, 3.63) is 27.9 Å². The highest BCUT2D eigenvalue weighted by atomic mass is 32.1. The molecule has 0 aliphatic carbocycles. The van der Waals surface area contributed by atoms with Crippen LogP contribution in [0.15, 0.2) is 27.4 Å². The highest BCUT2D eigenvalue weighted by Gasteiger charge is 2.12. The van der Waals surface area contributed by atoms with E-state index in [9.17, 15) is 9.90 Å². The Morgan fingerprint density at radius 3 is 2.94 bits per heavy atom. The molecule has 3 aromatic rings. The SMILES string of the molecule is Nc1cc(-c2cc3oc(=O)sc3cc2O)[nH]n1. The number of nitrogen functional groups attached to an aromatic ring is 1. The summed E-state index contributed by atoms with van der Waals surface area (Å²) in [6.45, 7) is 0. The first-order valence-corrected chi connectivity index (χ1v) is 5.53. The van der Waals surface area contributed by atoms with E-state index in [0.29, 0.717) is 27.4 Å². The number of phenols is 1. The summed E-state index contributed by atoms with van der Waals surface area (Å²) in [4.78, 5) is 10.7. The molecule has 0 unspecified atom stereocenters. The summed E-state index contributed by atoms with van der Waals surface area (Å²) in [5.74, 6) is 0.365. The van der Waals surface area contributed by atoms with Gasteiger partial charge in [-0.15, -0.1) is 0 Å². The minimum atomic E-state index is -0.402. The standard InChI is InChI=1S/C10H7N3O3S/c11-9-2-5(12-13-9)4-1-7-8(3-6(4)14)17-10(15)16-7/h1-3,14H,(H3,11,12,13). The van der Waals surface area contributed by atoms with Crippen LogP contribution in [0.3, 0.4) is 0 Å². The fourth-order valence-corrected chi connectivity index (χ4v) is 2.28. The van der Waals surface area contributed by atoms with Gasteiger partial charge in [-0.2, -0.15) is 5.10 Å². The lowest BCUT2D eigenvalue weighted by Gasteiger charge is -2.00. The highest BCUT2D eigenvalue weighted by Crippen LogP contribution is 2.33. The van der Waals surface area contributed by atoms with E-state index >= 15 is 0 Å². The Morgan fingerprint density at radius 1 is 1.41 bits per heavy atom. The van der Waals surface area contributed by atoms with E-state index < -0.39 is 4.94 Å². The third-order valence-corrected chi connectivity index (χ3v) is 3.13. The van der Waals surface area contributed by atoms with Gasteiger partial charge in [0.25, 0.3) is 0 Å². The number of aromatic hydroxyl groups is 1. The van der Waals surface area contributed by atoms with Gasteiger partial charge in [0.2, 0.25) is 0 Å². The molecule has 2 aromatic heterocycles. The van der Waals surface area contributed by atoms with Gasteiger partial charge in [-0.05, 0) is 6.07 Å². The van der Waals surface area contributed by atoms with Crippen molar-refractivity contribution in [2.75, 3.05) is 5.73 Å². The van der Waals surface area contributed by atoms with Crippen LogP contribution in [0.5, 0.6) is 5.75 Å². The predicted octanol–water partition coefficient (Wildman–Crippen LogP) is 1.53. The number of nitrogens with two attached hydrogens (primary N) is 1. The van der Waals surface area contributed by atoms with Gasteiger partial charge in [-0.25, -0.2) is 4.79 Å². The van der Waals surface area contributed by atoms with E-state index in [4.69, 9.17) is 10.2 Å². The van der Waals surface area contributed by atoms with Gasteiger partial charge >= 0.3 is 4.94 Å². The number of anilines is 1. The van der Waals surface area contributed by atoms with Crippen molar-refractivity contribution in [3.63, 3.8) is 0 Å². The summed E-state index contributed by atoms with van der Waals surface area (Å²) in [5.41, 5.74) is 6.97. The second-order valence-electron chi connectivity index (χ2n) is 3.48. The molecule has 0 atom stereocenters. The summed E-state index contributed by atoms with van der Waals surface area (Å²) in [6.07, 6.45) is 0. The molecule has 17 heavy (non-hydrogen) atoms. The third-order valence-electron chi connectivity index (χ3n) is 2.34. The lowest BCUT2D eigenvalue weighted by atomic mass is 10.1. The number of hydrogen-bond donors (Lipinski definition) is 3. The van der Waals surface area contributed by atoms with Crippen molar-refractivity contribution in [3.8, 4) is 17.0 Å². The van der Waals surface area contributed by atoms with Crippen LogP contribution in [0, 0.1) is 0 Å². The largest absolute Gasteiger partial charge is 0.507 e. The molecule has 0 amide bonds. The number of aromatic amines is 1. The van der Waals surface area contributed by atoms with Gasteiger partial charge in [-0.1, -0.05) is 11.3 Å². The fourth-order valence-electron chi connectivity index (χ4n) is 1.60. The normalized spacial score (nSPS) is 11.1. The molecular weight excluding hydrogens is 242 g/mol. The zero-order chi connectivity index (χ0) is 12.0. The van der Waals surface area contributed by atoms with Crippen LogP contribution in [-0.4, -0.2) is 15.3 Å². The van der Waals surface area contributed by atoms with E-state index in [1.807, 2.05) is 0 Å². The van der Waals surface area contributed by atoms with Gasteiger partial charge in [0.1, 0.15) is 17.2 Å². The lowest BCUT2D eigenvalue weighted by Crippen LogP contribution is -1.81. The first kappa shape index (κ1) is 9.91. The second kappa shape index (κ2) is 3.36. The molecule has 1 aromatic carbocycles. The highest BCUT2D eigenvalue weighted by molar-refractivity contribution is 7.16. The molecule has 0 radical (unpaired) electrons. The van der Waals surface area contributed by atoms with Gasteiger partial charge < -0.3 is 15.3 Å². The smallest absolute Gasteiger partial charge is 0.396 e. The maximum Gasteiger partial charge on any atom is 0.396 e. The maximum atomic E-state index is 11.1. The van der Waals surface area contributed by atoms with Crippen molar-refractivity contribution < 1.29 is 9.52 Å². The number of H-pyrrole nitrogens is 1. The number of fused-ring (bicyclic) bond motifs is 1. The van der Waals surface area contributed by atoms with Crippen LogP contribution >= 0.6 is 11.3 Å². The van der Waals surface area contributed by atoms with Crippen LogP contribution in [0.2, 0.25) is 0 Å². The quantitative estimate of drug-likeness (QED) is 0.606. The van der Waals surface area contributed by atoms with E-state index in [1.54, 1.807) is 12.1 Å². The molecule has 2 heterocycles. The van der Waals surface area contributed by atoms with E-state index in [0.717, 1.165) is 11.3 Å². The van der Waals surface area contributed by atoms with E-state index in [1.165, 1.54) is 6.07 Å². The molecule has 3 rings (SSSR count). The number of rotatable bonds is 1. The number of aromatic nitrogens is 2. The molecular formula is C10H7N3O3S. The van der Waals surface area contributed by atoms with Crippen molar-refractivity contribution in [2.45, 2.75) is 0 Å². The second-order valence-corrected chi connectivity index (χ2v) is 4.45. The maximum absolute atomic E-state index is 11.1. The Labute approximate surface area is 98.3 Å². The molecule has 4 N–H and O–H groups in total. The summed E-state index contributed by atoms with van der Waals surface area (Å²) in [5, 5.41) is 16.3. The molecule has 0 saturated heterocycles. The van der Waals surface area contributed by atoms with Crippen LogP contribution in [-0.2, 0) is 0 Å². The van der Waals surface area contributed by atoms with Gasteiger partial charge in [0.05, 0.1) is 10.4 Å². The monoisotopic (exact) mass is 249 g/mol. The molecule has 0 saturated carbocycles. The lowest BCUT2D eigenvalue weighted by molar-refractivity contribution is 0.477. The fraction of sp³-hybridized carbons (Fsp3) is 0. The zero-order valence-corrected chi connectivity index (χ0v) is 9.25.